The van der Waals surface area contributed by atoms with Crippen LogP contribution in [0.15, 0.2) is 17.6 Å². The van der Waals surface area contributed by atoms with Crippen molar-refractivity contribution in [2.45, 2.75) is 20.4 Å². The highest BCUT2D eigenvalue weighted by Gasteiger charge is 2.21. The smallest absolute Gasteiger partial charge is 0.355 e. The molecule has 0 radical (unpaired) electrons. The second-order valence-electron chi connectivity index (χ2n) is 5.29. The Balaban J connectivity index is 2.04. The topological polar surface area (TPSA) is 104 Å². The van der Waals surface area contributed by atoms with E-state index in [2.05, 4.69) is 38.7 Å². The average Bonchev–Trinajstić information content (AvgIpc) is 3.09. The van der Waals surface area contributed by atoms with E-state index in [0.29, 0.717) is 30.1 Å². The maximum atomic E-state index is 11.9. The molecule has 0 unspecified atom stereocenters. The fourth-order valence-electron chi connectivity index (χ4n) is 2.17. The Morgan fingerprint density at radius 1 is 1.23 bits per heavy atom. The lowest BCUT2D eigenvalue weighted by molar-refractivity contribution is 0.139. The van der Waals surface area contributed by atoms with Crippen molar-refractivity contribution in [3.8, 4) is 0 Å². The van der Waals surface area contributed by atoms with Crippen molar-refractivity contribution >= 4 is 30.9 Å². The Morgan fingerprint density at radius 3 is 2.62 bits per heavy atom. The predicted molar refractivity (Wildman–Crippen MR) is 98.8 cm³/mol. The van der Waals surface area contributed by atoms with E-state index in [-0.39, 0.29) is 6.35 Å². The maximum Gasteiger partial charge on any atom is 0.355 e. The van der Waals surface area contributed by atoms with Crippen LogP contribution in [0.3, 0.4) is 0 Å². The molecule has 26 heavy (non-hydrogen) atoms. The van der Waals surface area contributed by atoms with Crippen molar-refractivity contribution in [2.75, 3.05) is 40.3 Å². The van der Waals surface area contributed by atoms with Crippen LogP contribution in [0.5, 0.6) is 0 Å². The zero-order chi connectivity index (χ0) is 19.0. The van der Waals surface area contributed by atoms with Gasteiger partial charge in [0.25, 0.3) is 0 Å². The molecule has 0 atom stereocenters. The molecule has 0 aromatic carbocycles. The van der Waals surface area contributed by atoms with Crippen molar-refractivity contribution in [1.29, 1.82) is 0 Å². The number of nitrogens with zero attached hydrogens (tertiary/aromatic N) is 6. The van der Waals surface area contributed by atoms with E-state index in [4.69, 9.17) is 13.8 Å². The van der Waals surface area contributed by atoms with E-state index in [9.17, 15) is 4.57 Å². The fourth-order valence-corrected chi connectivity index (χ4v) is 2.88. The Hall–Kier alpha value is -1.87. The van der Waals surface area contributed by atoms with Gasteiger partial charge in [-0.3, -0.25) is 4.57 Å². The number of aromatic nitrogens is 4. The molecule has 0 aliphatic carbocycles. The summed E-state index contributed by atoms with van der Waals surface area (Å²) in [6.45, 7) is 6.65. The molecule has 144 valence electrons. The maximum absolute atomic E-state index is 11.9. The standard InChI is InChI=1S/C15H25N6O4P/c1-5-20(6-2)10-19-14-13-15(17-9-16-14)21(11-18-13)7-8-25-12-26(22,23-3)24-4/h9-11H,5-8,12H2,1-4H3. The van der Waals surface area contributed by atoms with Gasteiger partial charge < -0.3 is 23.3 Å². The normalized spacial score (nSPS) is 12.3. The lowest BCUT2D eigenvalue weighted by Crippen LogP contribution is -2.20. The third-order valence-corrected chi connectivity index (χ3v) is 5.43. The number of aliphatic imine (C=N–C) groups is 1. The van der Waals surface area contributed by atoms with Gasteiger partial charge in [-0.2, -0.15) is 0 Å². The first-order chi connectivity index (χ1) is 12.6. The van der Waals surface area contributed by atoms with E-state index >= 15 is 0 Å². The predicted octanol–water partition coefficient (Wildman–Crippen LogP) is 2.29. The van der Waals surface area contributed by atoms with E-state index in [1.807, 2.05) is 4.57 Å². The summed E-state index contributed by atoms with van der Waals surface area (Å²) in [7, 11) is -0.510. The largest absolute Gasteiger partial charge is 0.367 e. The highest BCUT2D eigenvalue weighted by atomic mass is 31.2. The number of hydrogen-bond donors (Lipinski definition) is 0. The van der Waals surface area contributed by atoms with Gasteiger partial charge in [-0.1, -0.05) is 0 Å². The van der Waals surface area contributed by atoms with E-state index in [1.54, 1.807) is 12.7 Å². The molecule has 0 N–H and O–H groups in total. The summed E-state index contributed by atoms with van der Waals surface area (Å²) in [6.07, 6.45) is 4.77. The van der Waals surface area contributed by atoms with Crippen LogP contribution in [0, 0.1) is 0 Å². The quantitative estimate of drug-likeness (QED) is 0.252. The third kappa shape index (κ3) is 5.07. The highest BCUT2D eigenvalue weighted by Crippen LogP contribution is 2.45. The van der Waals surface area contributed by atoms with Crippen molar-refractivity contribution in [2.24, 2.45) is 4.99 Å². The zero-order valence-corrected chi connectivity index (χ0v) is 16.4. The molecule has 11 heteroatoms. The van der Waals surface area contributed by atoms with Crippen molar-refractivity contribution in [1.82, 2.24) is 24.4 Å². The molecule has 0 saturated heterocycles. The minimum Gasteiger partial charge on any atom is -0.367 e. The first-order valence-corrected chi connectivity index (χ1v) is 10.0. The molecule has 2 aromatic rings. The first kappa shape index (κ1) is 20.4. The average molecular weight is 384 g/mol. The molecular formula is C15H25N6O4P. The van der Waals surface area contributed by atoms with Crippen LogP contribution in [0.25, 0.3) is 11.2 Å². The molecule has 0 spiro atoms. The van der Waals surface area contributed by atoms with E-state index < -0.39 is 7.60 Å². The summed E-state index contributed by atoms with van der Waals surface area (Å²) < 4.78 is 28.8. The molecule has 0 saturated carbocycles. The summed E-state index contributed by atoms with van der Waals surface area (Å²) in [5.41, 5.74) is 1.28. The minimum atomic E-state index is -3.16. The molecule has 0 bridgehead atoms. The SMILES string of the molecule is CCN(C=Nc1ncnc2c1ncn2CCOCP(=O)(OC)OC)CC. The summed E-state index contributed by atoms with van der Waals surface area (Å²) >= 11 is 0. The van der Waals surface area contributed by atoms with Gasteiger partial charge in [-0.25, -0.2) is 19.9 Å². The van der Waals surface area contributed by atoms with Gasteiger partial charge in [0.05, 0.1) is 19.3 Å². The Labute approximate surface area is 152 Å². The van der Waals surface area contributed by atoms with Crippen LogP contribution in [0.4, 0.5) is 5.82 Å². The van der Waals surface area contributed by atoms with Crippen molar-refractivity contribution in [3.05, 3.63) is 12.7 Å². The van der Waals surface area contributed by atoms with Crippen molar-refractivity contribution < 1.29 is 18.3 Å². The highest BCUT2D eigenvalue weighted by molar-refractivity contribution is 7.53. The van der Waals surface area contributed by atoms with Crippen LogP contribution in [0.1, 0.15) is 13.8 Å². The number of fused-ring (bicyclic) bond motifs is 1. The van der Waals surface area contributed by atoms with Crippen LogP contribution >= 0.6 is 7.60 Å². The summed E-state index contributed by atoms with van der Waals surface area (Å²) in [5.74, 6) is 0.518. The molecule has 0 aliphatic rings. The van der Waals surface area contributed by atoms with E-state index in [0.717, 1.165) is 13.1 Å². The number of rotatable bonds is 11. The fraction of sp³-hybridized carbons (Fsp3) is 0.600. The van der Waals surface area contributed by atoms with Gasteiger partial charge in [0.2, 0.25) is 0 Å². The first-order valence-electron chi connectivity index (χ1n) is 8.29. The number of imidazole rings is 1. The minimum absolute atomic E-state index is 0.110. The second kappa shape index (κ2) is 9.72. The second-order valence-corrected chi connectivity index (χ2v) is 7.50. The third-order valence-electron chi connectivity index (χ3n) is 3.82. The molecule has 10 nitrogen and oxygen atoms in total. The van der Waals surface area contributed by atoms with Crippen LogP contribution in [-0.2, 0) is 24.9 Å². The van der Waals surface area contributed by atoms with E-state index in [1.165, 1.54) is 20.5 Å². The molecule has 0 amide bonds. The van der Waals surface area contributed by atoms with Gasteiger partial charge in [0.1, 0.15) is 12.7 Å². The molecule has 2 aromatic heterocycles. The summed E-state index contributed by atoms with van der Waals surface area (Å²) in [6, 6.07) is 0. The van der Waals surface area contributed by atoms with Gasteiger partial charge in [0, 0.05) is 33.9 Å². The lowest BCUT2D eigenvalue weighted by Gasteiger charge is -2.13. The lowest BCUT2D eigenvalue weighted by atomic mass is 10.5. The Morgan fingerprint density at radius 2 is 1.96 bits per heavy atom. The Bertz CT molecular complexity index is 769. The van der Waals surface area contributed by atoms with Gasteiger partial charge >= 0.3 is 7.60 Å². The van der Waals surface area contributed by atoms with Gasteiger partial charge in [-0.15, -0.1) is 0 Å². The van der Waals surface area contributed by atoms with Gasteiger partial charge in [-0.05, 0) is 13.8 Å². The molecule has 0 aliphatic heterocycles. The van der Waals surface area contributed by atoms with Gasteiger partial charge in [0.15, 0.2) is 17.0 Å². The molecule has 2 heterocycles. The van der Waals surface area contributed by atoms with Crippen LogP contribution < -0.4 is 0 Å². The van der Waals surface area contributed by atoms with Crippen molar-refractivity contribution in [3.63, 3.8) is 0 Å². The summed E-state index contributed by atoms with van der Waals surface area (Å²) in [4.78, 5) is 19.3. The molecule has 2 rings (SSSR count). The summed E-state index contributed by atoms with van der Waals surface area (Å²) in [5, 5.41) is 0. The molecule has 0 fully saturated rings. The zero-order valence-electron chi connectivity index (χ0n) is 15.5. The molecular weight excluding hydrogens is 359 g/mol. The number of hydrogen-bond acceptors (Lipinski definition) is 8. The van der Waals surface area contributed by atoms with Crippen LogP contribution in [0.2, 0.25) is 0 Å². The number of ether oxygens (including phenoxy) is 1. The van der Waals surface area contributed by atoms with Crippen LogP contribution in [-0.4, -0.2) is 71.0 Å². The monoisotopic (exact) mass is 384 g/mol. The Kier molecular flexibility index (Phi) is 7.65.